The van der Waals surface area contributed by atoms with Gasteiger partial charge in [-0.25, -0.2) is 4.79 Å². The molecule has 0 amide bonds. The lowest BCUT2D eigenvalue weighted by Crippen LogP contribution is -2.36. The van der Waals surface area contributed by atoms with Crippen LogP contribution < -0.4 is 9.97 Å². The van der Waals surface area contributed by atoms with Gasteiger partial charge in [0.1, 0.15) is 11.5 Å². The zero-order valence-corrected chi connectivity index (χ0v) is 15.5. The fraction of sp³-hybridized carbons (Fsp3) is 0.333. The number of para-hydroxylation sites is 1. The van der Waals surface area contributed by atoms with Gasteiger partial charge in [0.25, 0.3) is 0 Å². The summed E-state index contributed by atoms with van der Waals surface area (Å²) in [5.74, 6) is -1.24. The van der Waals surface area contributed by atoms with Crippen molar-refractivity contribution in [2.45, 2.75) is 38.0 Å². The van der Waals surface area contributed by atoms with E-state index in [1.807, 2.05) is 6.07 Å². The molecule has 144 valence electrons. The summed E-state index contributed by atoms with van der Waals surface area (Å²) in [6.07, 6.45) is 1.93. The van der Waals surface area contributed by atoms with Crippen molar-refractivity contribution in [1.82, 2.24) is 5.32 Å². The molecule has 2 aliphatic rings. The van der Waals surface area contributed by atoms with E-state index in [-0.39, 0.29) is 29.3 Å². The van der Waals surface area contributed by atoms with Crippen LogP contribution in [0.15, 0.2) is 36.4 Å². The topological polar surface area (TPSA) is 95.9 Å². The highest BCUT2D eigenvalue weighted by Crippen LogP contribution is 2.36. The Morgan fingerprint density at radius 3 is 2.86 bits per heavy atom. The molecule has 0 aromatic heterocycles. The van der Waals surface area contributed by atoms with E-state index in [4.69, 9.17) is 4.65 Å². The highest BCUT2D eigenvalue weighted by atomic mass is 16.5. The molecule has 0 saturated carbocycles. The Morgan fingerprint density at radius 1 is 1.18 bits per heavy atom. The van der Waals surface area contributed by atoms with Crippen LogP contribution in [0.3, 0.4) is 0 Å². The van der Waals surface area contributed by atoms with Gasteiger partial charge in [-0.3, -0.25) is 4.79 Å². The quantitative estimate of drug-likeness (QED) is 0.688. The van der Waals surface area contributed by atoms with Crippen LogP contribution in [0.4, 0.5) is 0 Å². The second-order valence-electron chi connectivity index (χ2n) is 7.52. The van der Waals surface area contributed by atoms with Crippen molar-refractivity contribution in [3.8, 4) is 5.75 Å². The van der Waals surface area contributed by atoms with Crippen molar-refractivity contribution in [3.05, 3.63) is 64.2 Å². The number of ketones is 1. The number of carboxylic acids is 1. The van der Waals surface area contributed by atoms with Crippen LogP contribution in [-0.2, 0) is 30.6 Å². The Balaban J connectivity index is 1.44. The summed E-state index contributed by atoms with van der Waals surface area (Å²) in [5.41, 5.74) is 4.30. The molecule has 0 bridgehead atoms. The summed E-state index contributed by atoms with van der Waals surface area (Å²) in [5, 5.41) is 22.9. The fourth-order valence-electron chi connectivity index (χ4n) is 4.06. The molecule has 6 nitrogen and oxygen atoms in total. The molecule has 7 heteroatoms. The predicted molar refractivity (Wildman–Crippen MR) is 105 cm³/mol. The van der Waals surface area contributed by atoms with E-state index >= 15 is 0 Å². The maximum Gasteiger partial charge on any atom is 0.526 e. The molecule has 0 fully saturated rings. The van der Waals surface area contributed by atoms with Crippen LogP contribution in [0.5, 0.6) is 5.75 Å². The summed E-state index contributed by atoms with van der Waals surface area (Å²) in [6.45, 7) is 1.81. The number of benzene rings is 2. The third-order valence-electron chi connectivity index (χ3n) is 5.50. The number of rotatable bonds is 5. The number of aromatic carboxylic acids is 1. The standard InChI is InChI=1S/C21H22BNO5/c24-18(9-13-4-5-14-6-7-23-12-16(14)8-13)11-17-10-15-2-1-3-19(21(25)26)20(15)28-22(17)27/h1-5,8,17,23,27H,6-7,9-12H2,(H,25,26)/t17-/m1/s1. The molecular formula is C21H22BNO5. The average Bonchev–Trinajstić information content (AvgIpc) is 2.68. The van der Waals surface area contributed by atoms with Crippen LogP contribution in [0.1, 0.15) is 39.0 Å². The van der Waals surface area contributed by atoms with E-state index in [9.17, 15) is 19.7 Å². The van der Waals surface area contributed by atoms with Gasteiger partial charge in [0, 0.05) is 25.2 Å². The molecule has 1 atom stereocenters. The first-order valence-electron chi connectivity index (χ1n) is 9.54. The minimum Gasteiger partial charge on any atom is -0.535 e. The minimum atomic E-state index is -1.19. The summed E-state index contributed by atoms with van der Waals surface area (Å²) in [6, 6.07) is 11.1. The lowest BCUT2D eigenvalue weighted by molar-refractivity contribution is -0.118. The van der Waals surface area contributed by atoms with Crippen LogP contribution in [-0.4, -0.2) is 35.5 Å². The third-order valence-corrected chi connectivity index (χ3v) is 5.50. The number of carboxylic acid groups (broad SMARTS) is 1. The highest BCUT2D eigenvalue weighted by Gasteiger charge is 2.37. The number of nitrogens with one attached hydrogen (secondary N) is 1. The normalized spacial score (nSPS) is 18.0. The zero-order valence-electron chi connectivity index (χ0n) is 15.5. The lowest BCUT2D eigenvalue weighted by Gasteiger charge is -2.28. The molecule has 0 saturated heterocycles. The first-order valence-corrected chi connectivity index (χ1v) is 9.54. The molecule has 28 heavy (non-hydrogen) atoms. The molecule has 2 aromatic carbocycles. The Morgan fingerprint density at radius 2 is 2.04 bits per heavy atom. The molecule has 0 aliphatic carbocycles. The monoisotopic (exact) mass is 379 g/mol. The third kappa shape index (κ3) is 3.81. The van der Waals surface area contributed by atoms with Crippen molar-refractivity contribution >= 4 is 18.9 Å². The van der Waals surface area contributed by atoms with Crippen molar-refractivity contribution in [2.24, 2.45) is 0 Å². The Labute approximate surface area is 163 Å². The zero-order chi connectivity index (χ0) is 19.7. The molecular weight excluding hydrogens is 357 g/mol. The number of fused-ring (bicyclic) bond motifs is 2. The smallest absolute Gasteiger partial charge is 0.526 e. The minimum absolute atomic E-state index is 0.0315. The molecule has 2 heterocycles. The second kappa shape index (κ2) is 7.77. The predicted octanol–water partition coefficient (Wildman–Crippen LogP) is 2.02. The van der Waals surface area contributed by atoms with E-state index in [1.54, 1.807) is 12.1 Å². The molecule has 0 unspecified atom stereocenters. The first-order chi connectivity index (χ1) is 13.5. The van der Waals surface area contributed by atoms with Crippen LogP contribution in [0.25, 0.3) is 0 Å². The molecule has 0 spiro atoms. The summed E-state index contributed by atoms with van der Waals surface area (Å²) in [4.78, 5) is 23.9. The highest BCUT2D eigenvalue weighted by molar-refractivity contribution is 6.47. The maximum absolute atomic E-state index is 12.6. The Bertz CT molecular complexity index is 929. The van der Waals surface area contributed by atoms with Gasteiger partial charge in [-0.1, -0.05) is 30.3 Å². The number of Topliss-reactive ketones (excluding diaryl/α,β-unsaturated/α-hetero) is 1. The number of hydrogen-bond donors (Lipinski definition) is 3. The molecule has 0 radical (unpaired) electrons. The molecule has 4 rings (SSSR count). The fourth-order valence-corrected chi connectivity index (χ4v) is 4.06. The van der Waals surface area contributed by atoms with E-state index in [1.165, 1.54) is 17.2 Å². The summed E-state index contributed by atoms with van der Waals surface area (Å²) in [7, 11) is -1.19. The molecule has 2 aliphatic heterocycles. The number of hydrogen-bond acceptors (Lipinski definition) is 5. The summed E-state index contributed by atoms with van der Waals surface area (Å²) < 4.78 is 5.48. The first kappa shape index (κ1) is 18.7. The van der Waals surface area contributed by atoms with Gasteiger partial charge in [0.2, 0.25) is 0 Å². The number of carbonyl (C=O) groups excluding carboxylic acids is 1. The Kier molecular flexibility index (Phi) is 5.20. The van der Waals surface area contributed by atoms with E-state index in [2.05, 4.69) is 17.4 Å². The molecule has 3 N–H and O–H groups in total. The van der Waals surface area contributed by atoms with E-state index in [0.717, 1.165) is 25.1 Å². The van der Waals surface area contributed by atoms with Crippen molar-refractivity contribution < 1.29 is 24.4 Å². The van der Waals surface area contributed by atoms with Crippen LogP contribution in [0.2, 0.25) is 5.82 Å². The van der Waals surface area contributed by atoms with E-state index < -0.39 is 13.1 Å². The SMILES string of the molecule is O=C(Cc1ccc2c(c1)CNCC2)C[C@H]1Cc2cccc(C(=O)O)c2OB1O. The van der Waals surface area contributed by atoms with Gasteiger partial charge in [-0.2, -0.15) is 0 Å². The van der Waals surface area contributed by atoms with Gasteiger partial charge in [0.05, 0.1) is 5.56 Å². The van der Waals surface area contributed by atoms with Crippen molar-refractivity contribution in [2.75, 3.05) is 6.54 Å². The summed E-state index contributed by atoms with van der Waals surface area (Å²) >= 11 is 0. The second-order valence-corrected chi connectivity index (χ2v) is 7.52. The maximum atomic E-state index is 12.6. The van der Waals surface area contributed by atoms with Gasteiger partial charge >= 0.3 is 13.1 Å². The average molecular weight is 379 g/mol. The van der Waals surface area contributed by atoms with Gasteiger partial charge < -0.3 is 20.1 Å². The van der Waals surface area contributed by atoms with Gasteiger partial charge in [-0.15, -0.1) is 0 Å². The van der Waals surface area contributed by atoms with Crippen molar-refractivity contribution in [1.29, 1.82) is 0 Å². The van der Waals surface area contributed by atoms with Gasteiger partial charge in [0.15, 0.2) is 0 Å². The van der Waals surface area contributed by atoms with Crippen molar-refractivity contribution in [3.63, 3.8) is 0 Å². The van der Waals surface area contributed by atoms with Crippen LogP contribution >= 0.6 is 0 Å². The van der Waals surface area contributed by atoms with Gasteiger partial charge in [-0.05, 0) is 47.7 Å². The Hall–Kier alpha value is -2.64. The molecule has 2 aromatic rings. The van der Waals surface area contributed by atoms with Crippen LogP contribution in [0, 0.1) is 0 Å². The van der Waals surface area contributed by atoms with E-state index in [0.29, 0.717) is 18.4 Å². The largest absolute Gasteiger partial charge is 0.535 e. The lowest BCUT2D eigenvalue weighted by atomic mass is 9.64. The number of carbonyl (C=O) groups is 2.